The van der Waals surface area contributed by atoms with Crippen molar-refractivity contribution in [1.29, 1.82) is 15.8 Å². The highest BCUT2D eigenvalue weighted by molar-refractivity contribution is 6.11. The third-order valence-corrected chi connectivity index (χ3v) is 17.6. The van der Waals surface area contributed by atoms with Gasteiger partial charge in [0.1, 0.15) is 0 Å². The van der Waals surface area contributed by atoms with Crippen LogP contribution in [-0.2, 0) is 21.7 Å². The molecule has 10 aromatic carbocycles. The standard InChI is InChI=1S/C82H70N8/c1-79(2,3)60-27-31-72-68(43-60)69-44-61(80(4,5)6)28-32-73(69)89(72)64-39-56(54-19-15-17-51(35-54)48-84)37-58(41-64)76-86-77(88-78(87-76)67-22-14-13-21-66(67)53-25-23-50(47-83)24-26-53)59-38-57(55-20-16-18-52(36-55)49-85)40-65(42-59)90-74-33-29-62(81(7,8)9)45-70(74)71-46-63(82(10,11)12)30-34-75(71)90/h13-46H,1-12H3. The lowest BCUT2D eigenvalue weighted by molar-refractivity contribution is 0.590. The number of nitriles is 3. The van der Waals surface area contributed by atoms with Crippen LogP contribution in [0.2, 0.25) is 0 Å². The molecule has 0 radical (unpaired) electrons. The van der Waals surface area contributed by atoms with Crippen molar-refractivity contribution >= 4 is 43.6 Å². The first-order valence-electron chi connectivity index (χ1n) is 30.8. The van der Waals surface area contributed by atoms with Gasteiger partial charge in [0.15, 0.2) is 17.5 Å². The first kappa shape index (κ1) is 58.3. The fraction of sp³-hybridized carbons (Fsp3) is 0.195. The summed E-state index contributed by atoms with van der Waals surface area (Å²) in [5.41, 5.74) is 19.9. The molecule has 0 saturated carbocycles. The van der Waals surface area contributed by atoms with E-state index in [9.17, 15) is 15.8 Å². The van der Waals surface area contributed by atoms with Crippen molar-refractivity contribution in [3.8, 4) is 97.1 Å². The van der Waals surface area contributed by atoms with Crippen LogP contribution in [0.4, 0.5) is 0 Å². The molecule has 0 bridgehead atoms. The van der Waals surface area contributed by atoms with Gasteiger partial charge in [-0.3, -0.25) is 0 Å². The molecule has 0 aliphatic rings. The summed E-state index contributed by atoms with van der Waals surface area (Å²) in [6.45, 7) is 27.1. The Bertz CT molecular complexity index is 4780. The van der Waals surface area contributed by atoms with Crippen LogP contribution in [0, 0.1) is 34.0 Å². The molecule has 13 aromatic rings. The van der Waals surface area contributed by atoms with Crippen molar-refractivity contribution < 1.29 is 0 Å². The van der Waals surface area contributed by atoms with Gasteiger partial charge in [-0.1, -0.05) is 168 Å². The predicted octanol–water partition coefficient (Wildman–Crippen LogP) is 20.9. The average Bonchev–Trinajstić information content (AvgIpc) is 1.57. The zero-order chi connectivity index (χ0) is 63.2. The Morgan fingerprint density at radius 2 is 0.622 bits per heavy atom. The molecule has 8 nitrogen and oxygen atoms in total. The van der Waals surface area contributed by atoms with Gasteiger partial charge in [0.05, 0.1) is 57.0 Å². The maximum absolute atomic E-state index is 10.3. The van der Waals surface area contributed by atoms with E-state index in [0.29, 0.717) is 34.2 Å². The molecule has 0 saturated heterocycles. The molecule has 3 aromatic heterocycles. The highest BCUT2D eigenvalue weighted by Crippen LogP contribution is 2.43. The fourth-order valence-electron chi connectivity index (χ4n) is 12.5. The third-order valence-electron chi connectivity index (χ3n) is 17.6. The van der Waals surface area contributed by atoms with E-state index < -0.39 is 0 Å². The van der Waals surface area contributed by atoms with E-state index in [1.807, 2.05) is 78.9 Å². The number of aromatic nitrogens is 5. The van der Waals surface area contributed by atoms with Gasteiger partial charge in [0, 0.05) is 49.6 Å². The largest absolute Gasteiger partial charge is 0.309 e. The molecule has 90 heavy (non-hydrogen) atoms. The van der Waals surface area contributed by atoms with Crippen LogP contribution < -0.4 is 0 Å². The molecule has 0 N–H and O–H groups in total. The molecule has 8 heteroatoms. The third kappa shape index (κ3) is 10.8. The van der Waals surface area contributed by atoms with Crippen LogP contribution in [0.15, 0.2) is 206 Å². The summed E-state index contributed by atoms with van der Waals surface area (Å²) in [6, 6.07) is 78.9. The Balaban J connectivity index is 1.12. The van der Waals surface area contributed by atoms with E-state index in [4.69, 9.17) is 15.0 Å². The zero-order valence-corrected chi connectivity index (χ0v) is 53.2. The molecular formula is C82H70N8. The van der Waals surface area contributed by atoms with E-state index >= 15 is 0 Å². The number of nitrogens with zero attached hydrogens (tertiary/aromatic N) is 8. The minimum Gasteiger partial charge on any atom is -0.309 e. The van der Waals surface area contributed by atoms with Gasteiger partial charge >= 0.3 is 0 Å². The molecule has 13 rings (SSSR count). The first-order valence-corrected chi connectivity index (χ1v) is 30.8. The molecule has 0 aliphatic heterocycles. The number of hydrogen-bond donors (Lipinski definition) is 0. The normalized spacial score (nSPS) is 12.2. The van der Waals surface area contributed by atoms with Gasteiger partial charge in [-0.15, -0.1) is 0 Å². The lowest BCUT2D eigenvalue weighted by Crippen LogP contribution is -2.10. The quantitative estimate of drug-likeness (QED) is 0.149. The summed E-state index contributed by atoms with van der Waals surface area (Å²) in [5.74, 6) is 1.33. The minimum absolute atomic E-state index is 0.0907. The molecule has 0 atom stereocenters. The molecule has 0 fully saturated rings. The van der Waals surface area contributed by atoms with E-state index in [-0.39, 0.29) is 21.7 Å². The summed E-state index contributed by atoms with van der Waals surface area (Å²) >= 11 is 0. The summed E-state index contributed by atoms with van der Waals surface area (Å²) in [7, 11) is 0. The monoisotopic (exact) mass is 1170 g/mol. The van der Waals surface area contributed by atoms with E-state index in [1.54, 1.807) is 0 Å². The van der Waals surface area contributed by atoms with Crippen molar-refractivity contribution in [1.82, 2.24) is 24.1 Å². The van der Waals surface area contributed by atoms with Crippen LogP contribution in [0.25, 0.3) is 123 Å². The van der Waals surface area contributed by atoms with E-state index in [1.165, 1.54) is 22.3 Å². The smallest absolute Gasteiger partial charge is 0.164 e. The maximum Gasteiger partial charge on any atom is 0.164 e. The molecule has 3 heterocycles. The van der Waals surface area contributed by atoms with Crippen molar-refractivity contribution in [2.75, 3.05) is 0 Å². The Morgan fingerprint density at radius 1 is 0.278 bits per heavy atom. The van der Waals surface area contributed by atoms with Crippen molar-refractivity contribution in [3.63, 3.8) is 0 Å². The Morgan fingerprint density at radius 3 is 0.978 bits per heavy atom. The zero-order valence-electron chi connectivity index (χ0n) is 53.2. The molecule has 438 valence electrons. The van der Waals surface area contributed by atoms with E-state index in [2.05, 4.69) is 238 Å². The second-order valence-electron chi connectivity index (χ2n) is 28.1. The first-order chi connectivity index (χ1) is 42.9. The van der Waals surface area contributed by atoms with Crippen LogP contribution in [0.1, 0.15) is 122 Å². The van der Waals surface area contributed by atoms with Crippen molar-refractivity contribution in [2.24, 2.45) is 0 Å². The predicted molar refractivity (Wildman–Crippen MR) is 370 cm³/mol. The van der Waals surface area contributed by atoms with Gasteiger partial charge < -0.3 is 9.13 Å². The highest BCUT2D eigenvalue weighted by atomic mass is 15.0. The Labute approximate surface area is 527 Å². The average molecular weight is 1170 g/mol. The number of benzene rings is 10. The molecular weight excluding hydrogens is 1100 g/mol. The van der Waals surface area contributed by atoms with Gasteiger partial charge in [0.25, 0.3) is 0 Å². The second kappa shape index (κ2) is 21.8. The van der Waals surface area contributed by atoms with E-state index in [0.717, 1.165) is 105 Å². The Hall–Kier alpha value is -10.7. The van der Waals surface area contributed by atoms with Gasteiger partial charge in [0.2, 0.25) is 0 Å². The van der Waals surface area contributed by atoms with Crippen molar-refractivity contribution in [3.05, 3.63) is 245 Å². The number of fused-ring (bicyclic) bond motifs is 6. The van der Waals surface area contributed by atoms with Crippen LogP contribution in [-0.4, -0.2) is 24.1 Å². The maximum atomic E-state index is 10.3. The number of rotatable bonds is 8. The molecule has 0 spiro atoms. The summed E-state index contributed by atoms with van der Waals surface area (Å²) < 4.78 is 4.72. The minimum atomic E-state index is -0.0907. The molecule has 0 amide bonds. The van der Waals surface area contributed by atoms with Crippen LogP contribution >= 0.6 is 0 Å². The van der Waals surface area contributed by atoms with Gasteiger partial charge in [-0.25, -0.2) is 15.0 Å². The molecule has 0 unspecified atom stereocenters. The lowest BCUT2D eigenvalue weighted by atomic mass is 9.85. The fourth-order valence-corrected chi connectivity index (χ4v) is 12.5. The van der Waals surface area contributed by atoms with Gasteiger partial charge in [-0.2, -0.15) is 15.8 Å². The van der Waals surface area contributed by atoms with Crippen LogP contribution in [0.5, 0.6) is 0 Å². The molecule has 0 aliphatic carbocycles. The second-order valence-corrected chi connectivity index (χ2v) is 28.1. The van der Waals surface area contributed by atoms with Crippen molar-refractivity contribution in [2.45, 2.75) is 105 Å². The number of hydrogen-bond acceptors (Lipinski definition) is 6. The lowest BCUT2D eigenvalue weighted by Gasteiger charge is -2.19. The van der Waals surface area contributed by atoms with Gasteiger partial charge in [-0.05, 0) is 199 Å². The topological polar surface area (TPSA) is 120 Å². The highest BCUT2D eigenvalue weighted by Gasteiger charge is 2.26. The summed E-state index contributed by atoms with van der Waals surface area (Å²) in [4.78, 5) is 16.7. The van der Waals surface area contributed by atoms with Crippen LogP contribution in [0.3, 0.4) is 0 Å². The Kier molecular flexibility index (Phi) is 14.2. The summed E-state index contributed by atoms with van der Waals surface area (Å²) in [5, 5.41) is 35.2. The SMILES string of the molecule is CC(C)(C)c1ccc2c(c1)c1cc(C(C)(C)C)ccc1n2-c1cc(-c2cccc(C#N)c2)cc(-c2nc(-c3cc(-c4cccc(C#N)c4)cc(-n4c5ccc(C(C)(C)C)cc5c5cc(C(C)(C)C)ccc54)c3)nc(-c3ccccc3-c3ccc(C#N)cc3)n2)c1. The summed E-state index contributed by atoms with van der Waals surface area (Å²) in [6.07, 6.45) is 0.